The number of likely N-dealkylation sites (N-methyl/N-ethyl adjacent to an activating group) is 1. The van der Waals surface area contributed by atoms with Crippen molar-refractivity contribution in [3.63, 3.8) is 0 Å². The highest BCUT2D eigenvalue weighted by Gasteiger charge is 2.41. The summed E-state index contributed by atoms with van der Waals surface area (Å²) in [5, 5.41) is 9.00. The normalized spacial score (nSPS) is 29.3. The van der Waals surface area contributed by atoms with Gasteiger partial charge in [0.2, 0.25) is 0 Å². The quantitative estimate of drug-likeness (QED) is 0.845. The molecule has 4 nitrogen and oxygen atoms in total. The minimum absolute atomic E-state index is 0.527. The smallest absolute Gasteiger partial charge is 0.0991 e. The molecule has 0 bridgehead atoms. The zero-order chi connectivity index (χ0) is 14.8. The average Bonchev–Trinajstić information content (AvgIpc) is 2.89. The zero-order valence-corrected chi connectivity index (χ0v) is 12.8. The molecule has 0 unspecified atom stereocenters. The van der Waals surface area contributed by atoms with E-state index in [-0.39, 0.29) is 0 Å². The van der Waals surface area contributed by atoms with Gasteiger partial charge in [-0.3, -0.25) is 4.90 Å². The Morgan fingerprint density at radius 1 is 1.33 bits per heavy atom. The molecule has 2 aliphatic heterocycles. The van der Waals surface area contributed by atoms with Gasteiger partial charge in [-0.1, -0.05) is 12.1 Å². The summed E-state index contributed by atoms with van der Waals surface area (Å²) in [6.07, 6.45) is 0. The lowest BCUT2D eigenvalue weighted by Gasteiger charge is -2.37. The van der Waals surface area contributed by atoms with Crippen molar-refractivity contribution < 1.29 is 4.74 Å². The van der Waals surface area contributed by atoms with Crippen molar-refractivity contribution in [3.8, 4) is 6.07 Å². The third kappa shape index (κ3) is 3.11. The second kappa shape index (κ2) is 6.15. The Balaban J connectivity index is 1.67. The predicted octanol–water partition coefficient (Wildman–Crippen LogP) is 1.57. The van der Waals surface area contributed by atoms with E-state index in [1.165, 1.54) is 5.56 Å². The molecule has 0 N–H and O–H groups in total. The molecule has 0 amide bonds. The van der Waals surface area contributed by atoms with E-state index in [0.717, 1.165) is 38.4 Å². The molecule has 2 heterocycles. The Labute approximate surface area is 126 Å². The first-order valence-corrected chi connectivity index (χ1v) is 7.63. The Kier molecular flexibility index (Phi) is 4.25. The molecule has 112 valence electrons. The highest BCUT2D eigenvalue weighted by atomic mass is 16.5. The molecule has 0 aromatic heterocycles. The van der Waals surface area contributed by atoms with E-state index in [1.54, 1.807) is 0 Å². The van der Waals surface area contributed by atoms with Crippen LogP contribution in [0.2, 0.25) is 0 Å². The fourth-order valence-electron chi connectivity index (χ4n) is 3.72. The van der Waals surface area contributed by atoms with Crippen LogP contribution in [0.25, 0.3) is 0 Å². The molecule has 3 atom stereocenters. The number of benzene rings is 1. The van der Waals surface area contributed by atoms with Crippen LogP contribution in [0.1, 0.15) is 11.1 Å². The van der Waals surface area contributed by atoms with Gasteiger partial charge in [0.05, 0.1) is 24.8 Å². The number of hydrogen-bond acceptors (Lipinski definition) is 4. The number of likely N-dealkylation sites (tertiary alicyclic amines) is 1. The van der Waals surface area contributed by atoms with E-state index < -0.39 is 0 Å². The van der Waals surface area contributed by atoms with Gasteiger partial charge in [-0.05, 0) is 37.7 Å². The van der Waals surface area contributed by atoms with Gasteiger partial charge in [0.15, 0.2) is 0 Å². The average molecular weight is 285 g/mol. The molecule has 21 heavy (non-hydrogen) atoms. The number of rotatable bonds is 3. The van der Waals surface area contributed by atoms with E-state index in [4.69, 9.17) is 10.00 Å². The van der Waals surface area contributed by atoms with Gasteiger partial charge in [0.25, 0.3) is 0 Å². The molecule has 2 aliphatic rings. The summed E-state index contributed by atoms with van der Waals surface area (Å²) >= 11 is 0. The molecule has 4 heteroatoms. The summed E-state index contributed by atoms with van der Waals surface area (Å²) in [5.41, 5.74) is 1.98. The van der Waals surface area contributed by atoms with Crippen LogP contribution >= 0.6 is 0 Å². The number of fused-ring (bicyclic) bond motifs is 1. The minimum Gasteiger partial charge on any atom is -0.379 e. The van der Waals surface area contributed by atoms with Gasteiger partial charge in [-0.15, -0.1) is 0 Å². The van der Waals surface area contributed by atoms with Crippen LogP contribution in [0.4, 0.5) is 0 Å². The number of ether oxygens (including phenoxy) is 1. The molecule has 0 spiro atoms. The fourth-order valence-corrected chi connectivity index (χ4v) is 3.72. The molecule has 0 saturated carbocycles. The summed E-state index contributed by atoms with van der Waals surface area (Å²) in [7, 11) is 4.30. The maximum Gasteiger partial charge on any atom is 0.0991 e. The van der Waals surface area contributed by atoms with E-state index in [9.17, 15) is 0 Å². The van der Waals surface area contributed by atoms with Crippen LogP contribution in [0.3, 0.4) is 0 Å². The van der Waals surface area contributed by atoms with Gasteiger partial charge in [0, 0.05) is 31.6 Å². The SMILES string of the molecule is CN(C)[C@@H]1COC[C@H]2CN(Cc3cccc(C#N)c3)C[C@H]21. The minimum atomic E-state index is 0.527. The van der Waals surface area contributed by atoms with Gasteiger partial charge >= 0.3 is 0 Å². The van der Waals surface area contributed by atoms with Crippen molar-refractivity contribution in [2.75, 3.05) is 40.4 Å². The van der Waals surface area contributed by atoms with E-state index in [0.29, 0.717) is 17.9 Å². The molecule has 0 aliphatic carbocycles. The van der Waals surface area contributed by atoms with Crippen LogP contribution in [0.15, 0.2) is 24.3 Å². The fraction of sp³-hybridized carbons (Fsp3) is 0.588. The van der Waals surface area contributed by atoms with Gasteiger partial charge in [-0.2, -0.15) is 5.26 Å². The van der Waals surface area contributed by atoms with E-state index >= 15 is 0 Å². The first-order valence-electron chi connectivity index (χ1n) is 7.63. The van der Waals surface area contributed by atoms with Crippen LogP contribution < -0.4 is 0 Å². The summed E-state index contributed by atoms with van der Waals surface area (Å²) < 4.78 is 5.78. The Morgan fingerprint density at radius 3 is 2.95 bits per heavy atom. The second-order valence-electron chi connectivity index (χ2n) is 6.50. The predicted molar refractivity (Wildman–Crippen MR) is 81.7 cm³/mol. The first-order chi connectivity index (χ1) is 10.2. The molecule has 2 fully saturated rings. The molecule has 1 aromatic rings. The lowest BCUT2D eigenvalue weighted by atomic mass is 9.87. The van der Waals surface area contributed by atoms with Gasteiger partial charge in [-0.25, -0.2) is 0 Å². The Morgan fingerprint density at radius 2 is 2.19 bits per heavy atom. The number of nitriles is 1. The lowest BCUT2D eigenvalue weighted by molar-refractivity contribution is -0.0229. The van der Waals surface area contributed by atoms with E-state index in [2.05, 4.69) is 36.0 Å². The molecule has 1 aromatic carbocycles. The standard InChI is InChI=1S/C17H23N3O/c1-19(2)17-12-21-11-15-9-20(10-16(15)17)8-14-5-3-4-13(6-14)7-18/h3-6,15-17H,8-12H2,1-2H3/t15-,16-,17-/m1/s1. The molecular weight excluding hydrogens is 262 g/mol. The molecular formula is C17H23N3O. The second-order valence-corrected chi connectivity index (χ2v) is 6.50. The third-order valence-corrected chi connectivity index (χ3v) is 4.81. The number of nitrogens with zero attached hydrogens (tertiary/aromatic N) is 3. The van der Waals surface area contributed by atoms with Crippen molar-refractivity contribution in [1.82, 2.24) is 9.80 Å². The first kappa shape index (κ1) is 14.5. The Bertz CT molecular complexity index is 537. The van der Waals surface area contributed by atoms with Crippen LogP contribution in [-0.4, -0.2) is 56.2 Å². The lowest BCUT2D eigenvalue weighted by Crippen LogP contribution is -2.47. The van der Waals surface area contributed by atoms with Crippen LogP contribution in [0, 0.1) is 23.2 Å². The van der Waals surface area contributed by atoms with Crippen molar-refractivity contribution in [2.24, 2.45) is 11.8 Å². The summed E-state index contributed by atoms with van der Waals surface area (Å²) in [6.45, 7) is 4.91. The van der Waals surface area contributed by atoms with Crippen molar-refractivity contribution in [3.05, 3.63) is 35.4 Å². The van der Waals surface area contributed by atoms with Crippen LogP contribution in [-0.2, 0) is 11.3 Å². The Hall–Kier alpha value is -1.41. The number of hydrogen-bond donors (Lipinski definition) is 0. The zero-order valence-electron chi connectivity index (χ0n) is 12.8. The highest BCUT2D eigenvalue weighted by Crippen LogP contribution is 2.32. The van der Waals surface area contributed by atoms with Gasteiger partial charge in [0.1, 0.15) is 0 Å². The maximum atomic E-state index is 9.00. The third-order valence-electron chi connectivity index (χ3n) is 4.81. The van der Waals surface area contributed by atoms with E-state index in [1.807, 2.05) is 18.2 Å². The summed E-state index contributed by atoms with van der Waals surface area (Å²) in [6, 6.07) is 10.7. The molecule has 3 rings (SSSR count). The summed E-state index contributed by atoms with van der Waals surface area (Å²) in [5.74, 6) is 1.35. The monoisotopic (exact) mass is 285 g/mol. The maximum absolute atomic E-state index is 9.00. The van der Waals surface area contributed by atoms with Crippen LogP contribution in [0.5, 0.6) is 0 Å². The molecule has 2 saturated heterocycles. The molecule has 0 radical (unpaired) electrons. The van der Waals surface area contributed by atoms with Crippen molar-refractivity contribution in [2.45, 2.75) is 12.6 Å². The highest BCUT2D eigenvalue weighted by molar-refractivity contribution is 5.32. The largest absolute Gasteiger partial charge is 0.379 e. The summed E-state index contributed by atoms with van der Waals surface area (Å²) in [4.78, 5) is 4.81. The van der Waals surface area contributed by atoms with Gasteiger partial charge < -0.3 is 9.64 Å². The van der Waals surface area contributed by atoms with Crippen molar-refractivity contribution in [1.29, 1.82) is 5.26 Å². The van der Waals surface area contributed by atoms with Crippen molar-refractivity contribution >= 4 is 0 Å². The topological polar surface area (TPSA) is 39.5 Å².